The van der Waals surface area contributed by atoms with E-state index in [9.17, 15) is 9.90 Å². The highest BCUT2D eigenvalue weighted by molar-refractivity contribution is 6.35. The van der Waals surface area contributed by atoms with Crippen LogP contribution in [0.4, 0.5) is 0 Å². The van der Waals surface area contributed by atoms with Crippen molar-refractivity contribution in [1.29, 1.82) is 0 Å². The molecule has 92 valence electrons. The lowest BCUT2D eigenvalue weighted by atomic mass is 10.0. The van der Waals surface area contributed by atoms with Crippen molar-refractivity contribution in [3.8, 4) is 11.5 Å². The summed E-state index contributed by atoms with van der Waals surface area (Å²) in [6, 6.07) is 11.3. The Morgan fingerprint density at radius 3 is 2.56 bits per heavy atom. The Morgan fingerprint density at radius 1 is 1.17 bits per heavy atom. The molecule has 0 saturated carbocycles. The number of benzene rings is 2. The van der Waals surface area contributed by atoms with Gasteiger partial charge in [-0.2, -0.15) is 0 Å². The third kappa shape index (κ3) is 2.17. The average Bonchev–Trinajstić information content (AvgIpc) is 2.38. The largest absolute Gasteiger partial charge is 0.507 e. The second-order valence-corrected chi connectivity index (χ2v) is 4.07. The zero-order valence-corrected chi connectivity index (χ0v) is 10.4. The smallest absolute Gasteiger partial charge is 0.202 e. The molecule has 0 saturated heterocycles. The van der Waals surface area contributed by atoms with E-state index < -0.39 is 0 Å². The maximum absolute atomic E-state index is 12.3. The summed E-state index contributed by atoms with van der Waals surface area (Å²) in [4.78, 5) is 12.3. The van der Waals surface area contributed by atoms with Gasteiger partial charge >= 0.3 is 0 Å². The van der Waals surface area contributed by atoms with Crippen LogP contribution in [0.2, 0.25) is 5.02 Å². The van der Waals surface area contributed by atoms with E-state index in [1.54, 1.807) is 36.4 Å². The summed E-state index contributed by atoms with van der Waals surface area (Å²) in [6.07, 6.45) is 0. The summed E-state index contributed by atoms with van der Waals surface area (Å²) in [5.74, 6) is -0.172. The number of hydrogen-bond acceptors (Lipinski definition) is 3. The fourth-order valence-corrected chi connectivity index (χ4v) is 1.92. The molecule has 0 amide bonds. The minimum Gasteiger partial charge on any atom is -0.507 e. The summed E-state index contributed by atoms with van der Waals surface area (Å²) in [6.45, 7) is 0. The van der Waals surface area contributed by atoms with Crippen LogP contribution in [0.5, 0.6) is 11.5 Å². The third-order valence-corrected chi connectivity index (χ3v) is 2.90. The van der Waals surface area contributed by atoms with E-state index in [4.69, 9.17) is 16.3 Å². The minimum absolute atomic E-state index is 0.119. The summed E-state index contributed by atoms with van der Waals surface area (Å²) in [5.41, 5.74) is 0.451. The van der Waals surface area contributed by atoms with Crippen LogP contribution in [0.1, 0.15) is 15.9 Å². The van der Waals surface area contributed by atoms with Crippen LogP contribution >= 0.6 is 11.6 Å². The number of hydrogen-bond donors (Lipinski definition) is 1. The zero-order valence-electron chi connectivity index (χ0n) is 9.68. The lowest BCUT2D eigenvalue weighted by molar-refractivity contribution is 0.103. The number of phenols is 1. The predicted octanol–water partition coefficient (Wildman–Crippen LogP) is 3.29. The molecule has 0 unspecified atom stereocenters. The Morgan fingerprint density at radius 2 is 1.89 bits per heavy atom. The van der Waals surface area contributed by atoms with E-state index in [0.29, 0.717) is 16.3 Å². The van der Waals surface area contributed by atoms with Gasteiger partial charge in [0.05, 0.1) is 12.1 Å². The first-order chi connectivity index (χ1) is 8.65. The van der Waals surface area contributed by atoms with Gasteiger partial charge in [0.1, 0.15) is 17.1 Å². The molecule has 2 rings (SSSR count). The number of ketones is 1. The van der Waals surface area contributed by atoms with Gasteiger partial charge in [-0.3, -0.25) is 4.79 Å². The molecule has 3 nitrogen and oxygen atoms in total. The molecule has 2 aromatic carbocycles. The SMILES string of the molecule is COc1cccc(O)c1C(=O)c1ccccc1Cl. The van der Waals surface area contributed by atoms with Crippen LogP contribution in [-0.2, 0) is 0 Å². The Labute approximate surface area is 110 Å². The molecular weight excluding hydrogens is 252 g/mol. The van der Waals surface area contributed by atoms with Crippen molar-refractivity contribution in [2.24, 2.45) is 0 Å². The molecule has 0 radical (unpaired) electrons. The Balaban J connectivity index is 2.56. The first-order valence-corrected chi connectivity index (χ1v) is 5.68. The standard InChI is InChI=1S/C14H11ClO3/c1-18-12-8-4-7-11(16)13(12)14(17)9-5-2-3-6-10(9)15/h2-8,16H,1H3. The van der Waals surface area contributed by atoms with E-state index >= 15 is 0 Å². The lowest BCUT2D eigenvalue weighted by Gasteiger charge is -2.10. The van der Waals surface area contributed by atoms with Crippen LogP contribution in [-0.4, -0.2) is 18.0 Å². The van der Waals surface area contributed by atoms with E-state index in [1.807, 2.05) is 0 Å². The number of halogens is 1. The summed E-state index contributed by atoms with van der Waals surface area (Å²) < 4.78 is 5.08. The number of methoxy groups -OCH3 is 1. The van der Waals surface area contributed by atoms with E-state index in [2.05, 4.69) is 0 Å². The second kappa shape index (κ2) is 5.10. The van der Waals surface area contributed by atoms with Crippen molar-refractivity contribution in [2.45, 2.75) is 0 Å². The highest BCUT2D eigenvalue weighted by Gasteiger charge is 2.20. The topological polar surface area (TPSA) is 46.5 Å². The highest BCUT2D eigenvalue weighted by atomic mass is 35.5. The second-order valence-electron chi connectivity index (χ2n) is 3.66. The van der Waals surface area contributed by atoms with Gasteiger partial charge in [-0.1, -0.05) is 29.8 Å². The van der Waals surface area contributed by atoms with Crippen LogP contribution < -0.4 is 4.74 Å². The summed E-state index contributed by atoms with van der Waals surface area (Å²) in [7, 11) is 1.44. The number of ether oxygens (including phenoxy) is 1. The van der Waals surface area contributed by atoms with Crippen LogP contribution in [0.25, 0.3) is 0 Å². The van der Waals surface area contributed by atoms with Gasteiger partial charge < -0.3 is 9.84 Å². The quantitative estimate of drug-likeness (QED) is 0.864. The van der Waals surface area contributed by atoms with Gasteiger partial charge in [0.15, 0.2) is 0 Å². The fraction of sp³-hybridized carbons (Fsp3) is 0.0714. The lowest BCUT2D eigenvalue weighted by Crippen LogP contribution is -2.05. The van der Waals surface area contributed by atoms with Crippen molar-refractivity contribution in [1.82, 2.24) is 0 Å². The van der Waals surface area contributed by atoms with Crippen LogP contribution in [0.3, 0.4) is 0 Å². The molecule has 4 heteroatoms. The van der Waals surface area contributed by atoms with Gasteiger partial charge in [-0.25, -0.2) is 0 Å². The Bertz CT molecular complexity index is 593. The summed E-state index contributed by atoms with van der Waals surface area (Å²) in [5, 5.41) is 10.1. The number of rotatable bonds is 3. The van der Waals surface area contributed by atoms with Crippen molar-refractivity contribution in [3.05, 3.63) is 58.6 Å². The number of carbonyl (C=O) groups is 1. The van der Waals surface area contributed by atoms with E-state index in [-0.39, 0.29) is 17.1 Å². The van der Waals surface area contributed by atoms with Crippen molar-refractivity contribution < 1.29 is 14.6 Å². The van der Waals surface area contributed by atoms with Gasteiger partial charge in [0.25, 0.3) is 0 Å². The van der Waals surface area contributed by atoms with Crippen LogP contribution in [0.15, 0.2) is 42.5 Å². The molecule has 0 fully saturated rings. The van der Waals surface area contributed by atoms with E-state index in [1.165, 1.54) is 13.2 Å². The molecule has 0 spiro atoms. The molecule has 0 aromatic heterocycles. The van der Waals surface area contributed by atoms with E-state index in [0.717, 1.165) is 0 Å². The zero-order chi connectivity index (χ0) is 13.1. The number of carbonyl (C=O) groups excluding carboxylic acids is 1. The molecule has 0 aliphatic rings. The number of phenolic OH excluding ortho intramolecular Hbond substituents is 1. The first kappa shape index (κ1) is 12.5. The van der Waals surface area contributed by atoms with Gasteiger partial charge in [0.2, 0.25) is 5.78 Å². The molecule has 0 heterocycles. The molecule has 1 N–H and O–H groups in total. The minimum atomic E-state index is -0.365. The normalized spacial score (nSPS) is 10.1. The van der Waals surface area contributed by atoms with Crippen molar-refractivity contribution in [2.75, 3.05) is 7.11 Å². The molecule has 0 aliphatic carbocycles. The van der Waals surface area contributed by atoms with Crippen molar-refractivity contribution in [3.63, 3.8) is 0 Å². The third-order valence-electron chi connectivity index (χ3n) is 2.57. The molecule has 0 aliphatic heterocycles. The Kier molecular flexibility index (Phi) is 3.53. The summed E-state index contributed by atoms with van der Waals surface area (Å²) >= 11 is 5.97. The van der Waals surface area contributed by atoms with Crippen molar-refractivity contribution >= 4 is 17.4 Å². The molecule has 0 bridgehead atoms. The highest BCUT2D eigenvalue weighted by Crippen LogP contribution is 2.31. The Hall–Kier alpha value is -2.00. The van der Waals surface area contributed by atoms with Crippen LogP contribution in [0, 0.1) is 0 Å². The van der Waals surface area contributed by atoms with Gasteiger partial charge in [-0.05, 0) is 24.3 Å². The predicted molar refractivity (Wildman–Crippen MR) is 69.5 cm³/mol. The van der Waals surface area contributed by atoms with Gasteiger partial charge in [0, 0.05) is 5.56 Å². The molecule has 18 heavy (non-hydrogen) atoms. The number of aromatic hydroxyl groups is 1. The molecule has 2 aromatic rings. The maximum Gasteiger partial charge on any atom is 0.202 e. The first-order valence-electron chi connectivity index (χ1n) is 5.30. The van der Waals surface area contributed by atoms with Gasteiger partial charge in [-0.15, -0.1) is 0 Å². The fourth-order valence-electron chi connectivity index (χ4n) is 1.70. The molecule has 0 atom stereocenters. The average molecular weight is 263 g/mol. The monoisotopic (exact) mass is 262 g/mol. The molecular formula is C14H11ClO3. The maximum atomic E-state index is 12.3.